The highest BCUT2D eigenvalue weighted by atomic mass is 79.9. The number of aromatic amines is 1. The van der Waals surface area contributed by atoms with Crippen LogP contribution >= 0.6 is 27.7 Å². The summed E-state index contributed by atoms with van der Waals surface area (Å²) < 4.78 is 1.79. The summed E-state index contributed by atoms with van der Waals surface area (Å²) in [5, 5.41) is 3.52. The van der Waals surface area contributed by atoms with Crippen LogP contribution in [-0.2, 0) is 0 Å². The van der Waals surface area contributed by atoms with Crippen LogP contribution in [0, 0.1) is 6.92 Å². The molecule has 5 nitrogen and oxygen atoms in total. The standard InChI is InChI=1S/C7H7BrN4OS/c1-3-4(8)5(13)12-6(9-3)10-7(11-12)14-2/h1-2H3,(H,9,10,11). The van der Waals surface area contributed by atoms with E-state index in [-0.39, 0.29) is 5.56 Å². The summed E-state index contributed by atoms with van der Waals surface area (Å²) in [5.41, 5.74) is 0.481. The van der Waals surface area contributed by atoms with E-state index >= 15 is 0 Å². The number of fused-ring (bicyclic) bond motifs is 1. The van der Waals surface area contributed by atoms with Gasteiger partial charge < -0.3 is 0 Å². The minimum atomic E-state index is -0.166. The molecule has 7 heteroatoms. The Morgan fingerprint density at radius 1 is 1.50 bits per heavy atom. The van der Waals surface area contributed by atoms with E-state index in [0.29, 0.717) is 21.1 Å². The van der Waals surface area contributed by atoms with E-state index in [4.69, 9.17) is 0 Å². The molecule has 0 saturated carbocycles. The Morgan fingerprint density at radius 2 is 2.21 bits per heavy atom. The van der Waals surface area contributed by atoms with Gasteiger partial charge in [0.05, 0.1) is 5.69 Å². The Morgan fingerprint density at radius 3 is 2.86 bits per heavy atom. The highest BCUT2D eigenvalue weighted by Gasteiger charge is 2.10. The minimum Gasteiger partial charge on any atom is -0.266 e. The van der Waals surface area contributed by atoms with Crippen molar-refractivity contribution >= 4 is 33.5 Å². The molecule has 0 aliphatic rings. The fourth-order valence-corrected chi connectivity index (χ4v) is 1.69. The summed E-state index contributed by atoms with van der Waals surface area (Å²) in [5.74, 6) is 0.403. The topological polar surface area (TPSA) is 63.1 Å². The Labute approximate surface area is 92.1 Å². The third-order valence-electron chi connectivity index (χ3n) is 1.78. The fraction of sp³-hybridized carbons (Fsp3) is 0.286. The number of hydrogen-bond acceptors (Lipinski definition) is 4. The first-order valence-corrected chi connectivity index (χ1v) is 5.84. The van der Waals surface area contributed by atoms with E-state index in [1.165, 1.54) is 16.3 Å². The molecule has 0 radical (unpaired) electrons. The van der Waals surface area contributed by atoms with E-state index in [9.17, 15) is 4.79 Å². The van der Waals surface area contributed by atoms with Crippen LogP contribution in [0.1, 0.15) is 5.69 Å². The number of rotatable bonds is 1. The third-order valence-corrected chi connectivity index (χ3v) is 3.26. The van der Waals surface area contributed by atoms with Crippen LogP contribution in [0.2, 0.25) is 0 Å². The Balaban J connectivity index is 2.88. The van der Waals surface area contributed by atoms with Gasteiger partial charge in [-0.15, -0.1) is 0 Å². The molecule has 0 bridgehead atoms. The smallest absolute Gasteiger partial charge is 0.266 e. The van der Waals surface area contributed by atoms with E-state index < -0.39 is 0 Å². The predicted molar refractivity (Wildman–Crippen MR) is 57.8 cm³/mol. The molecule has 0 spiro atoms. The molecule has 74 valence electrons. The second-order valence-electron chi connectivity index (χ2n) is 2.68. The van der Waals surface area contributed by atoms with Crippen molar-refractivity contribution in [1.82, 2.24) is 19.6 Å². The van der Waals surface area contributed by atoms with Crippen molar-refractivity contribution in [2.24, 2.45) is 0 Å². The molecule has 2 rings (SSSR count). The normalized spacial score (nSPS) is 11.1. The molecule has 2 aromatic rings. The zero-order chi connectivity index (χ0) is 10.3. The lowest BCUT2D eigenvalue weighted by Gasteiger charge is -1.95. The molecule has 14 heavy (non-hydrogen) atoms. The van der Waals surface area contributed by atoms with Gasteiger partial charge in [0.25, 0.3) is 11.3 Å². The average Bonchev–Trinajstić information content (AvgIpc) is 2.57. The summed E-state index contributed by atoms with van der Waals surface area (Å²) in [6, 6.07) is 0. The maximum atomic E-state index is 11.7. The number of halogens is 1. The molecular formula is C7H7BrN4OS. The van der Waals surface area contributed by atoms with Crippen molar-refractivity contribution < 1.29 is 0 Å². The summed E-state index contributed by atoms with van der Waals surface area (Å²) >= 11 is 4.61. The fourth-order valence-electron chi connectivity index (χ4n) is 1.07. The summed E-state index contributed by atoms with van der Waals surface area (Å²) in [6.45, 7) is 1.76. The second-order valence-corrected chi connectivity index (χ2v) is 4.27. The van der Waals surface area contributed by atoms with Crippen LogP contribution < -0.4 is 5.56 Å². The van der Waals surface area contributed by atoms with Gasteiger partial charge >= 0.3 is 0 Å². The van der Waals surface area contributed by atoms with Crippen LogP contribution in [0.3, 0.4) is 0 Å². The van der Waals surface area contributed by atoms with Crippen LogP contribution in [0.15, 0.2) is 14.4 Å². The van der Waals surface area contributed by atoms with Crippen LogP contribution in [0.25, 0.3) is 5.78 Å². The first-order valence-electron chi connectivity index (χ1n) is 3.82. The minimum absolute atomic E-state index is 0.166. The molecule has 0 amide bonds. The molecule has 0 aliphatic heterocycles. The Kier molecular flexibility index (Phi) is 2.36. The van der Waals surface area contributed by atoms with E-state index in [1.54, 1.807) is 6.92 Å². The predicted octanol–water partition coefficient (Wildman–Crippen LogP) is 1.21. The van der Waals surface area contributed by atoms with Gasteiger partial charge in [0.1, 0.15) is 4.47 Å². The van der Waals surface area contributed by atoms with Crippen molar-refractivity contribution in [3.63, 3.8) is 0 Å². The molecule has 0 saturated heterocycles. The monoisotopic (exact) mass is 274 g/mol. The number of aromatic nitrogens is 4. The van der Waals surface area contributed by atoms with Gasteiger partial charge in [0.15, 0.2) is 5.16 Å². The van der Waals surface area contributed by atoms with Crippen LogP contribution in [0.4, 0.5) is 0 Å². The zero-order valence-electron chi connectivity index (χ0n) is 7.54. The number of aryl methyl sites for hydroxylation is 1. The number of H-pyrrole nitrogens is 1. The van der Waals surface area contributed by atoms with Crippen LogP contribution in [0.5, 0.6) is 0 Å². The van der Waals surface area contributed by atoms with Crippen molar-refractivity contribution in [2.75, 3.05) is 6.26 Å². The lowest BCUT2D eigenvalue weighted by Crippen LogP contribution is -2.17. The van der Waals surface area contributed by atoms with Crippen molar-refractivity contribution in [2.45, 2.75) is 12.1 Å². The van der Waals surface area contributed by atoms with Crippen molar-refractivity contribution in [3.8, 4) is 0 Å². The molecule has 2 heterocycles. The molecule has 1 N–H and O–H groups in total. The first-order chi connectivity index (χ1) is 6.63. The maximum absolute atomic E-state index is 11.7. The maximum Gasteiger partial charge on any atom is 0.288 e. The highest BCUT2D eigenvalue weighted by molar-refractivity contribution is 9.10. The highest BCUT2D eigenvalue weighted by Crippen LogP contribution is 2.11. The average molecular weight is 275 g/mol. The van der Waals surface area contributed by atoms with Gasteiger partial charge in [0.2, 0.25) is 0 Å². The van der Waals surface area contributed by atoms with E-state index in [2.05, 4.69) is 31.0 Å². The largest absolute Gasteiger partial charge is 0.288 e. The molecule has 0 fully saturated rings. The van der Waals surface area contributed by atoms with Crippen molar-refractivity contribution in [1.29, 1.82) is 0 Å². The lowest BCUT2D eigenvalue weighted by molar-refractivity contribution is 0.840. The third kappa shape index (κ3) is 1.36. The van der Waals surface area contributed by atoms with Gasteiger partial charge in [-0.25, -0.2) is 4.98 Å². The van der Waals surface area contributed by atoms with E-state index in [0.717, 1.165) is 0 Å². The van der Waals surface area contributed by atoms with Crippen molar-refractivity contribution in [3.05, 3.63) is 20.5 Å². The molecule has 0 aromatic carbocycles. The number of thioether (sulfide) groups is 1. The molecule has 0 aliphatic carbocycles. The number of hydrogen-bond donors (Lipinski definition) is 1. The van der Waals surface area contributed by atoms with Gasteiger partial charge in [-0.3, -0.25) is 9.89 Å². The molecule has 2 aromatic heterocycles. The molecule has 0 unspecified atom stereocenters. The quantitative estimate of drug-likeness (QED) is 0.795. The molecule has 0 atom stereocenters. The van der Waals surface area contributed by atoms with Crippen LogP contribution in [-0.4, -0.2) is 25.8 Å². The zero-order valence-corrected chi connectivity index (χ0v) is 9.94. The summed E-state index contributed by atoms with van der Waals surface area (Å²) in [6.07, 6.45) is 1.88. The SMILES string of the molecule is CSc1nc2nc(C)c(Br)c(=O)n2[nH]1. The lowest BCUT2D eigenvalue weighted by atomic mass is 10.4. The first kappa shape index (κ1) is 9.72. The van der Waals surface area contributed by atoms with Gasteiger partial charge in [0, 0.05) is 0 Å². The van der Waals surface area contributed by atoms with Gasteiger partial charge in [-0.1, -0.05) is 11.8 Å². The second kappa shape index (κ2) is 3.39. The summed E-state index contributed by atoms with van der Waals surface area (Å²) in [4.78, 5) is 20.0. The number of nitrogens with one attached hydrogen (secondary N) is 1. The Bertz CT molecular complexity index is 546. The summed E-state index contributed by atoms with van der Waals surface area (Å²) in [7, 11) is 0. The van der Waals surface area contributed by atoms with Gasteiger partial charge in [-0.2, -0.15) is 9.50 Å². The number of nitrogens with zero attached hydrogens (tertiary/aromatic N) is 3. The molecular weight excluding hydrogens is 268 g/mol. The van der Waals surface area contributed by atoms with Gasteiger partial charge in [-0.05, 0) is 29.1 Å². The Hall–Kier alpha value is -0.820. The van der Waals surface area contributed by atoms with E-state index in [1.807, 2.05) is 6.26 Å².